The van der Waals surface area contributed by atoms with Gasteiger partial charge in [0.1, 0.15) is 35.3 Å². The van der Waals surface area contributed by atoms with Gasteiger partial charge in [-0.3, -0.25) is 9.79 Å². The minimum Gasteiger partial charge on any atom is -0.386 e. The van der Waals surface area contributed by atoms with Gasteiger partial charge < -0.3 is 15.8 Å². The number of pyridine rings is 1. The summed E-state index contributed by atoms with van der Waals surface area (Å²) in [6.07, 6.45) is -0.735. The quantitative estimate of drug-likeness (QED) is 0.859. The molecule has 6 nitrogen and oxygen atoms in total. The Morgan fingerprint density at radius 3 is 2.81 bits per heavy atom. The third-order valence-electron chi connectivity index (χ3n) is 4.23. The van der Waals surface area contributed by atoms with Crippen LogP contribution in [-0.2, 0) is 10.3 Å². The normalized spacial score (nSPS) is 22.7. The van der Waals surface area contributed by atoms with Crippen LogP contribution in [0.15, 0.2) is 41.5 Å². The first kappa shape index (κ1) is 18.8. The van der Waals surface area contributed by atoms with Crippen molar-refractivity contribution >= 4 is 17.4 Å². The SMILES string of the molecule is CC1(c2cc(NC(=O)c3ccc(F)cn3)ccc2F)N=C(N)COCC1F. The Morgan fingerprint density at radius 1 is 1.33 bits per heavy atom. The number of nitrogens with one attached hydrogen (secondary N) is 1. The number of alkyl halides is 1. The van der Waals surface area contributed by atoms with E-state index in [9.17, 15) is 18.0 Å². The number of nitrogens with zero attached hydrogens (tertiary/aromatic N) is 2. The summed E-state index contributed by atoms with van der Waals surface area (Å²) >= 11 is 0. The molecule has 3 N–H and O–H groups in total. The maximum Gasteiger partial charge on any atom is 0.274 e. The molecule has 2 unspecified atom stereocenters. The van der Waals surface area contributed by atoms with Crippen molar-refractivity contribution in [1.82, 2.24) is 4.98 Å². The van der Waals surface area contributed by atoms with Crippen LogP contribution in [-0.4, -0.2) is 36.1 Å². The second-order valence-electron chi connectivity index (χ2n) is 6.24. The molecule has 1 aromatic carbocycles. The first-order valence-electron chi connectivity index (χ1n) is 8.08. The molecule has 1 aromatic heterocycles. The maximum atomic E-state index is 14.6. The number of carbonyl (C=O) groups excluding carboxylic acids is 1. The first-order chi connectivity index (χ1) is 12.8. The van der Waals surface area contributed by atoms with Crippen molar-refractivity contribution in [2.75, 3.05) is 18.5 Å². The van der Waals surface area contributed by atoms with Crippen LogP contribution in [0.25, 0.3) is 0 Å². The number of hydrogen-bond acceptors (Lipinski definition) is 5. The Morgan fingerprint density at radius 2 is 2.11 bits per heavy atom. The molecule has 27 heavy (non-hydrogen) atoms. The second kappa shape index (κ2) is 7.36. The number of carbonyl (C=O) groups is 1. The Bertz CT molecular complexity index is 889. The molecule has 2 aromatic rings. The fourth-order valence-electron chi connectivity index (χ4n) is 2.75. The maximum absolute atomic E-state index is 14.6. The number of hydrogen-bond donors (Lipinski definition) is 2. The summed E-state index contributed by atoms with van der Waals surface area (Å²) in [7, 11) is 0. The zero-order valence-electron chi connectivity index (χ0n) is 14.4. The van der Waals surface area contributed by atoms with Gasteiger partial charge in [-0.2, -0.15) is 0 Å². The molecule has 0 saturated carbocycles. The van der Waals surface area contributed by atoms with E-state index in [0.29, 0.717) is 0 Å². The zero-order valence-corrected chi connectivity index (χ0v) is 14.4. The fourth-order valence-corrected chi connectivity index (χ4v) is 2.75. The van der Waals surface area contributed by atoms with Crippen molar-refractivity contribution < 1.29 is 22.7 Å². The average Bonchev–Trinajstić information content (AvgIpc) is 2.75. The van der Waals surface area contributed by atoms with Gasteiger partial charge in [0.05, 0.1) is 12.8 Å². The van der Waals surface area contributed by atoms with E-state index in [1.54, 1.807) is 0 Å². The summed E-state index contributed by atoms with van der Waals surface area (Å²) in [5.41, 5.74) is 4.18. The summed E-state index contributed by atoms with van der Waals surface area (Å²) in [6, 6.07) is 6.00. The van der Waals surface area contributed by atoms with E-state index in [0.717, 1.165) is 18.3 Å². The number of halogens is 3. The highest BCUT2D eigenvalue weighted by Crippen LogP contribution is 2.36. The van der Waals surface area contributed by atoms with Crippen LogP contribution >= 0.6 is 0 Å². The van der Waals surface area contributed by atoms with Crippen molar-refractivity contribution in [3.63, 3.8) is 0 Å². The Kier molecular flexibility index (Phi) is 5.13. The zero-order chi connectivity index (χ0) is 19.6. The number of aliphatic imine (C=N–C) groups is 1. The summed E-state index contributed by atoms with van der Waals surface area (Å²) in [5.74, 6) is -1.86. The molecule has 2 heterocycles. The number of aromatic nitrogens is 1. The van der Waals surface area contributed by atoms with Crippen molar-refractivity contribution in [2.24, 2.45) is 10.7 Å². The van der Waals surface area contributed by atoms with Gasteiger partial charge in [0, 0.05) is 11.3 Å². The average molecular weight is 378 g/mol. The monoisotopic (exact) mass is 378 g/mol. The van der Waals surface area contributed by atoms with Crippen molar-refractivity contribution in [3.8, 4) is 0 Å². The molecule has 0 radical (unpaired) electrons. The Balaban J connectivity index is 1.93. The van der Waals surface area contributed by atoms with E-state index in [1.807, 2.05) is 0 Å². The highest BCUT2D eigenvalue weighted by atomic mass is 19.1. The Labute approximate surface area is 153 Å². The van der Waals surface area contributed by atoms with Crippen LogP contribution in [0.1, 0.15) is 23.0 Å². The number of ether oxygens (including phenoxy) is 1. The highest BCUT2D eigenvalue weighted by molar-refractivity contribution is 6.02. The molecule has 3 rings (SSSR count). The minimum atomic E-state index is -1.64. The topological polar surface area (TPSA) is 89.6 Å². The van der Waals surface area contributed by atoms with Crippen molar-refractivity contribution in [1.29, 1.82) is 0 Å². The van der Waals surface area contributed by atoms with E-state index in [4.69, 9.17) is 10.5 Å². The number of nitrogens with two attached hydrogens (primary N) is 1. The lowest BCUT2D eigenvalue weighted by molar-refractivity contribution is 0.0754. The first-order valence-corrected chi connectivity index (χ1v) is 8.08. The van der Waals surface area contributed by atoms with E-state index in [1.165, 1.54) is 25.1 Å². The molecular formula is C18H17F3N4O2. The van der Waals surface area contributed by atoms with E-state index in [-0.39, 0.29) is 36.0 Å². The van der Waals surface area contributed by atoms with Crippen molar-refractivity contribution in [3.05, 3.63) is 59.4 Å². The van der Waals surface area contributed by atoms with Gasteiger partial charge in [-0.05, 0) is 37.3 Å². The predicted molar refractivity (Wildman–Crippen MR) is 93.2 cm³/mol. The molecule has 0 fully saturated rings. The van der Waals surface area contributed by atoms with E-state index < -0.39 is 29.3 Å². The molecule has 0 aliphatic carbocycles. The summed E-state index contributed by atoms with van der Waals surface area (Å²) in [4.78, 5) is 20.0. The fraction of sp³-hybridized carbons (Fsp3) is 0.278. The van der Waals surface area contributed by atoms with Gasteiger partial charge in [0.15, 0.2) is 6.17 Å². The predicted octanol–water partition coefficient (Wildman–Crippen LogP) is 2.55. The number of benzene rings is 1. The minimum absolute atomic E-state index is 0.0259. The molecule has 0 bridgehead atoms. The second-order valence-corrected chi connectivity index (χ2v) is 6.24. The van der Waals surface area contributed by atoms with Crippen molar-refractivity contribution in [2.45, 2.75) is 18.6 Å². The van der Waals surface area contributed by atoms with Gasteiger partial charge in [-0.25, -0.2) is 18.2 Å². The smallest absolute Gasteiger partial charge is 0.274 e. The van der Waals surface area contributed by atoms with Crippen LogP contribution in [0, 0.1) is 11.6 Å². The van der Waals surface area contributed by atoms with Gasteiger partial charge in [-0.1, -0.05) is 0 Å². The van der Waals surface area contributed by atoms with E-state index in [2.05, 4.69) is 15.3 Å². The van der Waals surface area contributed by atoms with Gasteiger partial charge in [0.25, 0.3) is 5.91 Å². The molecular weight excluding hydrogens is 361 g/mol. The molecule has 2 atom stereocenters. The third-order valence-corrected chi connectivity index (χ3v) is 4.23. The molecule has 1 aliphatic heterocycles. The number of rotatable bonds is 3. The molecule has 9 heteroatoms. The molecule has 0 saturated heterocycles. The molecule has 1 aliphatic rings. The third kappa shape index (κ3) is 3.92. The molecule has 0 spiro atoms. The standard InChI is InChI=1S/C18H17F3N4O2/c1-18(15(21)8-27-9-16(22)25-18)12-6-11(3-4-13(12)20)24-17(26)14-5-2-10(19)7-23-14/h2-7,15H,8-9H2,1H3,(H2,22,25)(H,24,26). The lowest BCUT2D eigenvalue weighted by atomic mass is 9.87. The van der Waals surface area contributed by atoms with Gasteiger partial charge in [0.2, 0.25) is 0 Å². The van der Waals surface area contributed by atoms with E-state index >= 15 is 0 Å². The largest absolute Gasteiger partial charge is 0.386 e. The molecule has 142 valence electrons. The van der Waals surface area contributed by atoms with Gasteiger partial charge in [-0.15, -0.1) is 0 Å². The summed E-state index contributed by atoms with van der Waals surface area (Å²) in [6.45, 7) is 1.06. The number of amidine groups is 1. The highest BCUT2D eigenvalue weighted by Gasteiger charge is 2.40. The lowest BCUT2D eigenvalue weighted by Crippen LogP contribution is -2.35. The lowest BCUT2D eigenvalue weighted by Gasteiger charge is -2.28. The van der Waals surface area contributed by atoms with Crippen LogP contribution in [0.2, 0.25) is 0 Å². The van der Waals surface area contributed by atoms with Crippen LogP contribution in [0.4, 0.5) is 18.9 Å². The van der Waals surface area contributed by atoms with Crippen LogP contribution in [0.5, 0.6) is 0 Å². The van der Waals surface area contributed by atoms with Crippen LogP contribution in [0.3, 0.4) is 0 Å². The van der Waals surface area contributed by atoms with Gasteiger partial charge >= 0.3 is 0 Å². The summed E-state index contributed by atoms with van der Waals surface area (Å²) in [5, 5.41) is 2.52. The van der Waals surface area contributed by atoms with Crippen LogP contribution < -0.4 is 11.1 Å². The number of amides is 1. The Hall–Kier alpha value is -2.94. The number of anilines is 1. The molecule has 1 amide bonds. The summed E-state index contributed by atoms with van der Waals surface area (Å²) < 4.78 is 47.1.